The Kier molecular flexibility index (Phi) is 7.28. The molecule has 2 aromatic rings. The molecule has 2 aromatic carbocycles. The second kappa shape index (κ2) is 10.1. The minimum Gasteiger partial charge on any atom is -0.372 e. The number of carbonyl (C=O) groups excluding carboxylic acids is 3. The van der Waals surface area contributed by atoms with Crippen LogP contribution in [0.5, 0.6) is 0 Å². The van der Waals surface area contributed by atoms with E-state index in [1.807, 2.05) is 0 Å². The predicted molar refractivity (Wildman–Crippen MR) is 123 cm³/mol. The van der Waals surface area contributed by atoms with Crippen molar-refractivity contribution in [1.82, 2.24) is 4.90 Å². The van der Waals surface area contributed by atoms with E-state index in [0.717, 1.165) is 18.7 Å². The molecule has 7 nitrogen and oxygen atoms in total. The largest absolute Gasteiger partial charge is 0.372 e. The molecular formula is C24H30N4O3. The van der Waals surface area contributed by atoms with Gasteiger partial charge in [0.25, 0.3) is 5.91 Å². The van der Waals surface area contributed by atoms with E-state index >= 15 is 0 Å². The zero-order valence-corrected chi connectivity index (χ0v) is 18.4. The van der Waals surface area contributed by atoms with Crippen molar-refractivity contribution in [2.75, 3.05) is 35.7 Å². The summed E-state index contributed by atoms with van der Waals surface area (Å²) < 4.78 is 0. The number of rotatable bonds is 6. The molecule has 0 atom stereocenters. The van der Waals surface area contributed by atoms with Crippen LogP contribution in [-0.2, 0) is 16.1 Å². The first-order valence-electron chi connectivity index (χ1n) is 10.6. The molecule has 0 aliphatic carbocycles. The monoisotopic (exact) mass is 422 g/mol. The summed E-state index contributed by atoms with van der Waals surface area (Å²) >= 11 is 0. The van der Waals surface area contributed by atoms with E-state index in [4.69, 9.17) is 0 Å². The zero-order valence-electron chi connectivity index (χ0n) is 18.4. The molecular weight excluding hydrogens is 392 g/mol. The third-order valence-electron chi connectivity index (χ3n) is 5.24. The second-order valence-electron chi connectivity index (χ2n) is 8.04. The van der Waals surface area contributed by atoms with Gasteiger partial charge >= 0.3 is 0 Å². The number of benzene rings is 2. The lowest BCUT2D eigenvalue weighted by Gasteiger charge is -2.29. The third kappa shape index (κ3) is 6.31. The van der Waals surface area contributed by atoms with Gasteiger partial charge in [0.1, 0.15) is 0 Å². The van der Waals surface area contributed by atoms with Gasteiger partial charge < -0.3 is 20.4 Å². The molecule has 1 heterocycles. The summed E-state index contributed by atoms with van der Waals surface area (Å²) in [4.78, 5) is 40.0. The number of nitrogens with zero attached hydrogens (tertiary/aromatic N) is 2. The van der Waals surface area contributed by atoms with Gasteiger partial charge in [-0.2, -0.15) is 0 Å². The maximum absolute atomic E-state index is 13.0. The van der Waals surface area contributed by atoms with Crippen molar-refractivity contribution >= 4 is 34.8 Å². The Morgan fingerprint density at radius 3 is 1.94 bits per heavy atom. The number of piperidine rings is 1. The Labute approximate surface area is 183 Å². The van der Waals surface area contributed by atoms with Gasteiger partial charge in [0, 0.05) is 63.2 Å². The summed E-state index contributed by atoms with van der Waals surface area (Å²) in [5, 5.41) is 5.35. The molecule has 164 valence electrons. The molecule has 0 bridgehead atoms. The van der Waals surface area contributed by atoms with E-state index in [0.29, 0.717) is 23.5 Å². The lowest BCUT2D eigenvalue weighted by Crippen LogP contribution is -2.29. The number of nitrogens with one attached hydrogen (secondary N) is 2. The van der Waals surface area contributed by atoms with Crippen LogP contribution in [0.25, 0.3) is 0 Å². The van der Waals surface area contributed by atoms with Crippen LogP contribution < -0.4 is 15.5 Å². The van der Waals surface area contributed by atoms with Crippen LogP contribution in [0.1, 0.15) is 49.0 Å². The van der Waals surface area contributed by atoms with E-state index < -0.39 is 0 Å². The number of carbonyl (C=O) groups is 3. The Morgan fingerprint density at radius 1 is 0.871 bits per heavy atom. The van der Waals surface area contributed by atoms with Gasteiger partial charge in [-0.1, -0.05) is 12.1 Å². The highest BCUT2D eigenvalue weighted by Crippen LogP contribution is 2.23. The summed E-state index contributed by atoms with van der Waals surface area (Å²) in [5.74, 6) is -0.694. The summed E-state index contributed by atoms with van der Waals surface area (Å²) in [5.41, 5.74) is 3.57. The first kappa shape index (κ1) is 22.3. The number of hydrogen-bond acceptors (Lipinski definition) is 4. The zero-order chi connectivity index (χ0) is 22.4. The lowest BCUT2D eigenvalue weighted by atomic mass is 10.1. The molecule has 0 spiro atoms. The van der Waals surface area contributed by atoms with Crippen LogP contribution >= 0.6 is 0 Å². The normalized spacial score (nSPS) is 13.5. The van der Waals surface area contributed by atoms with Crippen molar-refractivity contribution in [1.29, 1.82) is 0 Å². The fourth-order valence-electron chi connectivity index (χ4n) is 3.83. The second-order valence-corrected chi connectivity index (χ2v) is 8.04. The molecule has 0 unspecified atom stereocenters. The van der Waals surface area contributed by atoms with Crippen molar-refractivity contribution in [3.63, 3.8) is 0 Å². The molecule has 3 amide bonds. The van der Waals surface area contributed by atoms with Crippen LogP contribution in [0, 0.1) is 0 Å². The molecule has 2 N–H and O–H groups in total. The summed E-state index contributed by atoms with van der Waals surface area (Å²) in [6, 6.07) is 13.2. The Bertz CT molecular complexity index is 916. The number of hydrogen-bond donors (Lipinski definition) is 2. The smallest absolute Gasteiger partial charge is 0.254 e. The minimum absolute atomic E-state index is 0.195. The SMILES string of the molecule is CC(=O)Nc1cc(NC(C)=O)cc(C(=O)N(C)Cc2ccc(N3CCCCC3)cc2)c1. The topological polar surface area (TPSA) is 81.8 Å². The standard InChI is InChI=1S/C24H30N4O3/c1-17(29)25-21-13-20(14-22(15-21)26-18(2)30)24(31)27(3)16-19-7-9-23(10-8-19)28-11-5-4-6-12-28/h7-10,13-15H,4-6,11-12,16H2,1-3H3,(H,25,29)(H,26,30). The number of anilines is 3. The molecule has 0 aromatic heterocycles. The van der Waals surface area contributed by atoms with Gasteiger partial charge in [0.2, 0.25) is 11.8 Å². The van der Waals surface area contributed by atoms with Gasteiger partial charge in [0.15, 0.2) is 0 Å². The molecule has 0 saturated carbocycles. The maximum Gasteiger partial charge on any atom is 0.254 e. The van der Waals surface area contributed by atoms with E-state index in [-0.39, 0.29) is 17.7 Å². The maximum atomic E-state index is 13.0. The van der Waals surface area contributed by atoms with E-state index in [9.17, 15) is 14.4 Å². The quantitative estimate of drug-likeness (QED) is 0.741. The molecule has 0 radical (unpaired) electrons. The molecule has 1 aliphatic rings. The van der Waals surface area contributed by atoms with E-state index in [1.165, 1.54) is 38.8 Å². The van der Waals surface area contributed by atoms with Gasteiger partial charge in [-0.25, -0.2) is 0 Å². The Balaban J connectivity index is 1.72. The van der Waals surface area contributed by atoms with Crippen molar-refractivity contribution in [3.8, 4) is 0 Å². The highest BCUT2D eigenvalue weighted by atomic mass is 16.2. The first-order valence-corrected chi connectivity index (χ1v) is 10.6. The lowest BCUT2D eigenvalue weighted by molar-refractivity contribution is -0.115. The number of amides is 3. The van der Waals surface area contributed by atoms with Gasteiger partial charge in [-0.15, -0.1) is 0 Å². The molecule has 7 heteroatoms. The van der Waals surface area contributed by atoms with Crippen molar-refractivity contribution in [2.24, 2.45) is 0 Å². The van der Waals surface area contributed by atoms with Gasteiger partial charge in [0.05, 0.1) is 0 Å². The fourth-order valence-corrected chi connectivity index (χ4v) is 3.83. The minimum atomic E-state index is -0.250. The average Bonchev–Trinajstić information content (AvgIpc) is 2.73. The summed E-state index contributed by atoms with van der Waals surface area (Å²) in [6.45, 7) is 5.44. The third-order valence-corrected chi connectivity index (χ3v) is 5.24. The van der Waals surface area contributed by atoms with Crippen molar-refractivity contribution in [3.05, 3.63) is 53.6 Å². The van der Waals surface area contributed by atoms with Crippen LogP contribution in [-0.4, -0.2) is 42.8 Å². The Hall–Kier alpha value is -3.35. The van der Waals surface area contributed by atoms with Crippen LogP contribution in [0.3, 0.4) is 0 Å². The molecule has 1 saturated heterocycles. The van der Waals surface area contributed by atoms with E-state index in [2.05, 4.69) is 39.8 Å². The highest BCUT2D eigenvalue weighted by Gasteiger charge is 2.16. The summed E-state index contributed by atoms with van der Waals surface area (Å²) in [6.07, 6.45) is 3.77. The van der Waals surface area contributed by atoms with Crippen molar-refractivity contribution in [2.45, 2.75) is 39.7 Å². The predicted octanol–water partition coefficient (Wildman–Crippen LogP) is 3.87. The molecule has 1 aliphatic heterocycles. The Morgan fingerprint density at radius 2 is 1.42 bits per heavy atom. The van der Waals surface area contributed by atoms with E-state index in [1.54, 1.807) is 30.1 Å². The molecule has 31 heavy (non-hydrogen) atoms. The van der Waals surface area contributed by atoms with Gasteiger partial charge in [-0.05, 0) is 55.2 Å². The van der Waals surface area contributed by atoms with Crippen LogP contribution in [0.15, 0.2) is 42.5 Å². The molecule has 3 rings (SSSR count). The van der Waals surface area contributed by atoms with Crippen LogP contribution in [0.2, 0.25) is 0 Å². The first-order chi connectivity index (χ1) is 14.8. The van der Waals surface area contributed by atoms with Crippen LogP contribution in [0.4, 0.5) is 17.1 Å². The summed E-state index contributed by atoms with van der Waals surface area (Å²) in [7, 11) is 1.74. The average molecular weight is 423 g/mol. The van der Waals surface area contributed by atoms with Crippen molar-refractivity contribution < 1.29 is 14.4 Å². The highest BCUT2D eigenvalue weighted by molar-refractivity contribution is 5.99. The fraction of sp³-hybridized carbons (Fsp3) is 0.375. The van der Waals surface area contributed by atoms with Gasteiger partial charge in [-0.3, -0.25) is 14.4 Å². The molecule has 1 fully saturated rings.